The van der Waals surface area contributed by atoms with Crippen LogP contribution in [0.2, 0.25) is 0 Å². The van der Waals surface area contributed by atoms with Crippen LogP contribution in [0.15, 0.2) is 60.7 Å². The molecule has 0 fully saturated rings. The highest BCUT2D eigenvalue weighted by Crippen LogP contribution is 2.31. The van der Waals surface area contributed by atoms with Gasteiger partial charge in [0.1, 0.15) is 11.6 Å². The van der Waals surface area contributed by atoms with Crippen LogP contribution < -0.4 is 4.90 Å². The number of methoxy groups -OCH3 is 1. The van der Waals surface area contributed by atoms with E-state index < -0.39 is 0 Å². The number of hydrogen-bond donors (Lipinski definition) is 0. The number of aryl methyl sites for hydroxylation is 2. The molecule has 1 aliphatic heterocycles. The highest BCUT2D eigenvalue weighted by atomic mass is 16.5. The topological polar surface area (TPSA) is 71.2 Å². The highest BCUT2D eigenvalue weighted by Gasteiger charge is 2.25. The lowest BCUT2D eigenvalue weighted by Crippen LogP contribution is -2.32. The van der Waals surface area contributed by atoms with E-state index >= 15 is 0 Å². The van der Waals surface area contributed by atoms with E-state index in [1.807, 2.05) is 35.9 Å². The predicted molar refractivity (Wildman–Crippen MR) is 129 cm³/mol. The van der Waals surface area contributed by atoms with E-state index in [-0.39, 0.29) is 5.97 Å². The van der Waals surface area contributed by atoms with Crippen molar-refractivity contribution in [1.29, 1.82) is 5.26 Å². The maximum Gasteiger partial charge on any atom is 0.330 e. The third-order valence-corrected chi connectivity index (χ3v) is 5.80. The maximum absolute atomic E-state index is 11.2. The van der Waals surface area contributed by atoms with Gasteiger partial charge in [-0.05, 0) is 49.1 Å². The van der Waals surface area contributed by atoms with Gasteiger partial charge in [-0.15, -0.1) is 0 Å². The number of benzene rings is 2. The van der Waals surface area contributed by atoms with Crippen molar-refractivity contribution in [2.75, 3.05) is 18.6 Å². The second-order valence-corrected chi connectivity index (χ2v) is 8.08. The van der Waals surface area contributed by atoms with Gasteiger partial charge >= 0.3 is 5.97 Å². The van der Waals surface area contributed by atoms with Crippen LogP contribution in [0.5, 0.6) is 0 Å². The third kappa shape index (κ3) is 4.73. The van der Waals surface area contributed by atoms with E-state index in [2.05, 4.69) is 53.0 Å². The van der Waals surface area contributed by atoms with Crippen LogP contribution in [-0.4, -0.2) is 29.4 Å². The molecule has 6 heteroatoms. The monoisotopic (exact) mass is 438 g/mol. The van der Waals surface area contributed by atoms with Gasteiger partial charge in [-0.3, -0.25) is 0 Å². The molecular formula is C27H26N4O2. The van der Waals surface area contributed by atoms with E-state index in [9.17, 15) is 10.1 Å². The van der Waals surface area contributed by atoms with Crippen LogP contribution in [0.4, 0.5) is 5.82 Å². The molecule has 3 aromatic rings. The van der Waals surface area contributed by atoms with Crippen molar-refractivity contribution < 1.29 is 9.53 Å². The van der Waals surface area contributed by atoms with E-state index in [1.54, 1.807) is 6.08 Å². The Morgan fingerprint density at radius 2 is 1.91 bits per heavy atom. The van der Waals surface area contributed by atoms with Crippen molar-refractivity contribution >= 4 is 17.9 Å². The van der Waals surface area contributed by atoms with Crippen LogP contribution in [0.25, 0.3) is 11.8 Å². The molecular weight excluding hydrogens is 412 g/mol. The molecule has 0 aliphatic carbocycles. The summed E-state index contributed by atoms with van der Waals surface area (Å²) in [5, 5.41) is 14.5. The molecule has 4 rings (SSSR count). The van der Waals surface area contributed by atoms with Crippen molar-refractivity contribution in [3.8, 4) is 11.8 Å². The van der Waals surface area contributed by atoms with Crippen LogP contribution in [0.1, 0.15) is 33.5 Å². The van der Waals surface area contributed by atoms with E-state index in [0.717, 1.165) is 35.7 Å². The first kappa shape index (κ1) is 22.1. The summed E-state index contributed by atoms with van der Waals surface area (Å²) in [4.78, 5) is 13.4. The fourth-order valence-corrected chi connectivity index (χ4v) is 4.03. The van der Waals surface area contributed by atoms with Crippen molar-refractivity contribution in [3.05, 3.63) is 94.2 Å². The zero-order chi connectivity index (χ0) is 23.4. The number of nitriles is 1. The van der Waals surface area contributed by atoms with E-state index in [1.165, 1.54) is 29.9 Å². The van der Waals surface area contributed by atoms with Gasteiger partial charge in [0.15, 0.2) is 5.82 Å². The quantitative estimate of drug-likeness (QED) is 0.329. The summed E-state index contributed by atoms with van der Waals surface area (Å²) in [6.07, 6.45) is 7.73. The van der Waals surface area contributed by atoms with Crippen molar-refractivity contribution in [2.24, 2.45) is 0 Å². The lowest BCUT2D eigenvalue weighted by Gasteiger charge is -2.31. The zero-order valence-corrected chi connectivity index (χ0v) is 19.1. The van der Waals surface area contributed by atoms with Crippen LogP contribution in [-0.2, 0) is 22.5 Å². The SMILES string of the molecule is COC(=O)/C=C/C=C/c1ccc2c(c1)CCN(c1c(C#N)c(C)nn1-c1ccc(C)cc1)C2. The largest absolute Gasteiger partial charge is 0.466 e. The third-order valence-electron chi connectivity index (χ3n) is 5.80. The molecule has 166 valence electrons. The summed E-state index contributed by atoms with van der Waals surface area (Å²) in [5.41, 5.74) is 7.10. The number of carbonyl (C=O) groups excluding carboxylic acids is 1. The Kier molecular flexibility index (Phi) is 6.41. The molecule has 2 heterocycles. The maximum atomic E-state index is 11.2. The Balaban J connectivity index is 1.60. The molecule has 6 nitrogen and oxygen atoms in total. The van der Waals surface area contributed by atoms with Crippen molar-refractivity contribution in [2.45, 2.75) is 26.8 Å². The smallest absolute Gasteiger partial charge is 0.330 e. The second kappa shape index (κ2) is 9.58. The van der Waals surface area contributed by atoms with Crippen molar-refractivity contribution in [3.63, 3.8) is 0 Å². The molecule has 0 N–H and O–H groups in total. The molecule has 0 saturated carbocycles. The van der Waals surface area contributed by atoms with Gasteiger partial charge in [0.05, 0.1) is 18.5 Å². The zero-order valence-electron chi connectivity index (χ0n) is 19.1. The normalized spacial score (nSPS) is 13.3. The van der Waals surface area contributed by atoms with Crippen LogP contribution in [0, 0.1) is 25.2 Å². The summed E-state index contributed by atoms with van der Waals surface area (Å²) >= 11 is 0. The molecule has 0 amide bonds. The molecule has 1 aromatic heterocycles. The molecule has 0 saturated heterocycles. The summed E-state index contributed by atoms with van der Waals surface area (Å²) in [7, 11) is 1.36. The minimum absolute atomic E-state index is 0.373. The number of esters is 1. The first-order valence-corrected chi connectivity index (χ1v) is 10.9. The first-order chi connectivity index (χ1) is 16.0. The number of nitrogens with zero attached hydrogens (tertiary/aromatic N) is 4. The number of ether oxygens (including phenoxy) is 1. The summed E-state index contributed by atoms with van der Waals surface area (Å²) < 4.78 is 6.48. The number of allylic oxidation sites excluding steroid dienone is 2. The fourth-order valence-electron chi connectivity index (χ4n) is 4.03. The minimum atomic E-state index is -0.373. The Morgan fingerprint density at radius 1 is 1.12 bits per heavy atom. The molecule has 0 spiro atoms. The lowest BCUT2D eigenvalue weighted by atomic mass is 9.97. The average molecular weight is 439 g/mol. The van der Waals surface area contributed by atoms with Gasteiger partial charge in [0.2, 0.25) is 0 Å². The molecule has 2 aromatic carbocycles. The predicted octanol–water partition coefficient (Wildman–Crippen LogP) is 4.67. The van der Waals surface area contributed by atoms with Crippen LogP contribution in [0.3, 0.4) is 0 Å². The number of fused-ring (bicyclic) bond motifs is 1. The summed E-state index contributed by atoms with van der Waals surface area (Å²) in [6.45, 7) is 5.46. The minimum Gasteiger partial charge on any atom is -0.466 e. The van der Waals surface area contributed by atoms with Gasteiger partial charge < -0.3 is 9.64 Å². The number of hydrogen-bond acceptors (Lipinski definition) is 5. The number of carbonyl (C=O) groups is 1. The van der Waals surface area contributed by atoms with Gasteiger partial charge in [-0.25, -0.2) is 9.48 Å². The second-order valence-electron chi connectivity index (χ2n) is 8.08. The molecule has 0 bridgehead atoms. The van der Waals surface area contributed by atoms with Gasteiger partial charge in [-0.2, -0.15) is 10.4 Å². The number of aromatic nitrogens is 2. The van der Waals surface area contributed by atoms with E-state index in [0.29, 0.717) is 12.1 Å². The highest BCUT2D eigenvalue weighted by molar-refractivity contribution is 5.82. The Bertz CT molecular complexity index is 1280. The van der Waals surface area contributed by atoms with Crippen LogP contribution >= 0.6 is 0 Å². The Labute approximate surface area is 194 Å². The van der Waals surface area contributed by atoms with Crippen molar-refractivity contribution in [1.82, 2.24) is 9.78 Å². The van der Waals surface area contributed by atoms with Gasteiger partial charge in [0, 0.05) is 19.2 Å². The molecule has 33 heavy (non-hydrogen) atoms. The molecule has 0 unspecified atom stereocenters. The number of rotatable bonds is 5. The number of anilines is 1. The Morgan fingerprint density at radius 3 is 2.64 bits per heavy atom. The first-order valence-electron chi connectivity index (χ1n) is 10.9. The molecule has 0 radical (unpaired) electrons. The van der Waals surface area contributed by atoms with Gasteiger partial charge in [-0.1, -0.05) is 54.1 Å². The lowest BCUT2D eigenvalue weighted by molar-refractivity contribution is -0.134. The molecule has 1 aliphatic rings. The summed E-state index contributed by atoms with van der Waals surface area (Å²) in [6, 6.07) is 16.9. The fraction of sp³-hybridized carbons (Fsp3) is 0.222. The summed E-state index contributed by atoms with van der Waals surface area (Å²) in [5.74, 6) is 0.475. The van der Waals surface area contributed by atoms with E-state index in [4.69, 9.17) is 5.10 Å². The van der Waals surface area contributed by atoms with Gasteiger partial charge in [0.25, 0.3) is 0 Å². The average Bonchev–Trinajstić information content (AvgIpc) is 3.17. The Hall–Kier alpha value is -4.11. The standard InChI is InChI=1S/C27H26N4O2/c1-19-8-12-24(13-9-19)31-27(25(17-28)20(2)29-31)30-15-14-22-16-21(10-11-23(22)18-30)6-4-5-7-26(32)33-3/h4-13,16H,14-15,18H2,1-3H3/b6-4+,7-5+. The molecule has 0 atom stereocenters.